The average Bonchev–Trinajstić information content (AvgIpc) is 2.24. The molecule has 4 heteroatoms. The Morgan fingerprint density at radius 3 is 2.33 bits per heavy atom. The number of hydrogen-bond acceptors (Lipinski definition) is 3. The van der Waals surface area contributed by atoms with E-state index in [-0.39, 0.29) is 11.3 Å². The van der Waals surface area contributed by atoms with Crippen LogP contribution in [0.3, 0.4) is 0 Å². The van der Waals surface area contributed by atoms with Crippen LogP contribution in [0.5, 0.6) is 0 Å². The third kappa shape index (κ3) is 10.5. The first kappa shape index (κ1) is 17.4. The van der Waals surface area contributed by atoms with E-state index >= 15 is 0 Å². The molecule has 0 unspecified atom stereocenters. The number of nitrogens with zero attached hydrogens (tertiary/aromatic N) is 1. The van der Waals surface area contributed by atoms with Crippen LogP contribution in [0.15, 0.2) is 0 Å². The van der Waals surface area contributed by atoms with E-state index in [0.29, 0.717) is 6.42 Å². The topological polar surface area (TPSA) is 58.4 Å². The van der Waals surface area contributed by atoms with Crippen molar-refractivity contribution >= 4 is 5.91 Å². The van der Waals surface area contributed by atoms with Crippen LogP contribution in [0.2, 0.25) is 0 Å². The summed E-state index contributed by atoms with van der Waals surface area (Å²) in [6.07, 6.45) is 4.92. The molecule has 0 saturated heterocycles. The molecule has 0 aromatic carbocycles. The second kappa shape index (κ2) is 9.34. The molecule has 0 fully saturated rings. The van der Waals surface area contributed by atoms with Gasteiger partial charge in [-0.15, -0.1) is 0 Å². The average molecular weight is 257 g/mol. The molecule has 0 aliphatic carbocycles. The number of carbonyl (C=O) groups excluding carboxylic acids is 1. The highest BCUT2D eigenvalue weighted by Crippen LogP contribution is 2.14. The fourth-order valence-electron chi connectivity index (χ4n) is 2.12. The zero-order valence-electron chi connectivity index (χ0n) is 12.6. The van der Waals surface area contributed by atoms with E-state index in [1.165, 1.54) is 0 Å². The molecule has 0 rings (SSSR count). The second-order valence-corrected chi connectivity index (χ2v) is 6.13. The maximum atomic E-state index is 11.7. The zero-order valence-corrected chi connectivity index (χ0v) is 12.6. The lowest BCUT2D eigenvalue weighted by Gasteiger charge is -2.28. The van der Waals surface area contributed by atoms with Crippen molar-refractivity contribution in [3.8, 4) is 0 Å². The molecule has 18 heavy (non-hydrogen) atoms. The Balaban J connectivity index is 3.63. The highest BCUT2D eigenvalue weighted by Gasteiger charge is 2.19. The lowest BCUT2D eigenvalue weighted by atomic mass is 9.93. The Kier molecular flexibility index (Phi) is 9.02. The summed E-state index contributed by atoms with van der Waals surface area (Å²) in [5.74, 6) is 0.176. The van der Waals surface area contributed by atoms with Crippen LogP contribution in [0.1, 0.15) is 46.0 Å². The van der Waals surface area contributed by atoms with Crippen LogP contribution in [-0.2, 0) is 4.79 Å². The minimum Gasteiger partial charge on any atom is -0.356 e. The number of rotatable bonds is 10. The quantitative estimate of drug-likeness (QED) is 0.584. The number of carbonyl (C=O) groups is 1. The van der Waals surface area contributed by atoms with Crippen LogP contribution >= 0.6 is 0 Å². The number of nitrogens with two attached hydrogens (primary N) is 1. The fraction of sp³-hybridized carbons (Fsp3) is 0.929. The summed E-state index contributed by atoms with van der Waals surface area (Å²) in [5.41, 5.74) is 5.55. The first-order chi connectivity index (χ1) is 8.37. The third-order valence-corrected chi connectivity index (χ3v) is 2.87. The van der Waals surface area contributed by atoms with Crippen LogP contribution in [-0.4, -0.2) is 44.5 Å². The van der Waals surface area contributed by atoms with Crippen molar-refractivity contribution in [2.24, 2.45) is 11.1 Å². The van der Waals surface area contributed by atoms with Gasteiger partial charge in [-0.2, -0.15) is 0 Å². The molecular formula is C14H31N3O. The molecule has 4 nitrogen and oxygen atoms in total. The predicted molar refractivity (Wildman–Crippen MR) is 77.5 cm³/mol. The first-order valence-corrected chi connectivity index (χ1v) is 6.99. The minimum absolute atomic E-state index is 0.124. The number of unbranched alkanes of at least 4 members (excludes halogenated alkanes) is 3. The van der Waals surface area contributed by atoms with E-state index in [9.17, 15) is 4.79 Å². The Hall–Kier alpha value is -0.610. The van der Waals surface area contributed by atoms with Gasteiger partial charge in [0.2, 0.25) is 5.91 Å². The Labute approximate surface area is 112 Å². The maximum Gasteiger partial charge on any atom is 0.220 e. The molecule has 0 spiro atoms. The summed E-state index contributed by atoms with van der Waals surface area (Å²) in [7, 11) is 4.11. The molecular weight excluding hydrogens is 226 g/mol. The van der Waals surface area contributed by atoms with Gasteiger partial charge in [-0.3, -0.25) is 4.79 Å². The van der Waals surface area contributed by atoms with Gasteiger partial charge >= 0.3 is 0 Å². The van der Waals surface area contributed by atoms with Crippen LogP contribution in [0.4, 0.5) is 0 Å². The molecule has 3 N–H and O–H groups in total. The zero-order chi connectivity index (χ0) is 14.0. The Morgan fingerprint density at radius 2 is 1.78 bits per heavy atom. The number of nitrogens with one attached hydrogen (secondary N) is 1. The van der Waals surface area contributed by atoms with E-state index in [1.807, 2.05) is 0 Å². The van der Waals surface area contributed by atoms with Crippen molar-refractivity contribution in [1.82, 2.24) is 10.2 Å². The van der Waals surface area contributed by atoms with Crippen molar-refractivity contribution in [1.29, 1.82) is 0 Å². The maximum absolute atomic E-state index is 11.7. The lowest BCUT2D eigenvalue weighted by molar-refractivity contribution is -0.121. The van der Waals surface area contributed by atoms with Gasteiger partial charge in [0, 0.05) is 19.5 Å². The van der Waals surface area contributed by atoms with Gasteiger partial charge in [0.15, 0.2) is 0 Å². The van der Waals surface area contributed by atoms with Gasteiger partial charge in [-0.25, -0.2) is 0 Å². The van der Waals surface area contributed by atoms with Crippen LogP contribution < -0.4 is 11.1 Å². The van der Waals surface area contributed by atoms with Gasteiger partial charge in [-0.1, -0.05) is 26.7 Å². The van der Waals surface area contributed by atoms with Crippen LogP contribution in [0, 0.1) is 5.41 Å². The molecule has 0 atom stereocenters. The Morgan fingerprint density at radius 1 is 1.17 bits per heavy atom. The lowest BCUT2D eigenvalue weighted by Crippen LogP contribution is -2.39. The van der Waals surface area contributed by atoms with Crippen molar-refractivity contribution < 1.29 is 4.79 Å². The largest absolute Gasteiger partial charge is 0.356 e. The summed E-state index contributed by atoms with van der Waals surface area (Å²) in [6, 6.07) is 0. The number of hydrogen-bond donors (Lipinski definition) is 2. The highest BCUT2D eigenvalue weighted by molar-refractivity contribution is 5.75. The molecule has 0 aliphatic heterocycles. The molecule has 0 radical (unpaired) electrons. The summed E-state index contributed by atoms with van der Waals surface area (Å²) in [6.45, 7) is 6.82. The molecule has 1 amide bonds. The SMILES string of the molecule is CN(C)CC(C)(C)CNC(=O)CCCCCCN. The molecule has 0 saturated carbocycles. The molecule has 0 aromatic heterocycles. The van der Waals surface area contributed by atoms with Gasteiger partial charge < -0.3 is 16.0 Å². The highest BCUT2D eigenvalue weighted by atomic mass is 16.1. The first-order valence-electron chi connectivity index (χ1n) is 6.99. The molecule has 0 bridgehead atoms. The van der Waals surface area contributed by atoms with E-state index in [0.717, 1.165) is 45.3 Å². The van der Waals surface area contributed by atoms with Gasteiger partial charge in [0.05, 0.1) is 0 Å². The normalized spacial score (nSPS) is 11.9. The monoisotopic (exact) mass is 257 g/mol. The van der Waals surface area contributed by atoms with E-state index in [2.05, 4.69) is 38.2 Å². The van der Waals surface area contributed by atoms with Crippen LogP contribution in [0.25, 0.3) is 0 Å². The van der Waals surface area contributed by atoms with Gasteiger partial charge in [0.25, 0.3) is 0 Å². The summed E-state index contributed by atoms with van der Waals surface area (Å²) in [4.78, 5) is 13.8. The van der Waals surface area contributed by atoms with E-state index in [4.69, 9.17) is 5.73 Å². The minimum atomic E-state index is 0.124. The molecule has 108 valence electrons. The van der Waals surface area contributed by atoms with Crippen molar-refractivity contribution in [2.75, 3.05) is 33.7 Å². The Bertz CT molecular complexity index is 227. The van der Waals surface area contributed by atoms with E-state index < -0.39 is 0 Å². The smallest absolute Gasteiger partial charge is 0.220 e. The molecule has 0 heterocycles. The number of amides is 1. The predicted octanol–water partition coefficient (Wildman–Crippen LogP) is 1.60. The van der Waals surface area contributed by atoms with Crippen molar-refractivity contribution in [2.45, 2.75) is 46.0 Å². The van der Waals surface area contributed by atoms with Crippen molar-refractivity contribution in [3.05, 3.63) is 0 Å². The molecule has 0 aliphatic rings. The summed E-state index contributed by atoms with van der Waals surface area (Å²) < 4.78 is 0. The van der Waals surface area contributed by atoms with Gasteiger partial charge in [-0.05, 0) is 38.9 Å². The standard InChI is InChI=1S/C14H31N3O/c1-14(2,12-17(3)4)11-16-13(18)9-7-5-6-8-10-15/h5-12,15H2,1-4H3,(H,16,18). The van der Waals surface area contributed by atoms with Crippen molar-refractivity contribution in [3.63, 3.8) is 0 Å². The van der Waals surface area contributed by atoms with Gasteiger partial charge in [0.1, 0.15) is 0 Å². The van der Waals surface area contributed by atoms with E-state index in [1.54, 1.807) is 0 Å². The summed E-state index contributed by atoms with van der Waals surface area (Å²) >= 11 is 0. The molecule has 0 aromatic rings. The third-order valence-electron chi connectivity index (χ3n) is 2.87. The second-order valence-electron chi connectivity index (χ2n) is 6.13. The summed E-state index contributed by atoms with van der Waals surface area (Å²) in [5, 5.41) is 3.03. The fourth-order valence-corrected chi connectivity index (χ4v) is 2.12.